The smallest absolute Gasteiger partial charge is 0.247 e. The van der Waals surface area contributed by atoms with Crippen LogP contribution in [0.4, 0.5) is 14.5 Å². The van der Waals surface area contributed by atoms with Crippen molar-refractivity contribution in [2.45, 2.75) is 19.1 Å². The molecule has 1 atom stereocenters. The van der Waals surface area contributed by atoms with Crippen molar-refractivity contribution in [1.29, 1.82) is 0 Å². The summed E-state index contributed by atoms with van der Waals surface area (Å²) in [6, 6.07) is 4.22. The van der Waals surface area contributed by atoms with Gasteiger partial charge in [-0.3, -0.25) is 4.79 Å². The number of amides is 1. The number of rotatable bonds is 7. The van der Waals surface area contributed by atoms with Crippen molar-refractivity contribution in [1.82, 2.24) is 15.4 Å². The SMILES string of the molecule is CCOc1cc(OC2COC2)c(C2=CC(C(=O)Nc3c(F)cccc3F)NN2C)cn1. The minimum Gasteiger partial charge on any atom is -0.485 e. The molecule has 1 saturated heterocycles. The first-order valence-corrected chi connectivity index (χ1v) is 9.80. The molecule has 10 heteroatoms. The van der Waals surface area contributed by atoms with Crippen LogP contribution in [0.1, 0.15) is 12.5 Å². The number of para-hydroxylation sites is 1. The van der Waals surface area contributed by atoms with Gasteiger partial charge in [0.15, 0.2) is 0 Å². The van der Waals surface area contributed by atoms with Gasteiger partial charge in [0.25, 0.3) is 0 Å². The Kier molecular flexibility index (Phi) is 6.01. The lowest BCUT2D eigenvalue weighted by Gasteiger charge is -2.28. The van der Waals surface area contributed by atoms with Gasteiger partial charge >= 0.3 is 0 Å². The van der Waals surface area contributed by atoms with Crippen LogP contribution < -0.4 is 20.2 Å². The molecule has 0 bridgehead atoms. The van der Waals surface area contributed by atoms with Crippen LogP contribution in [0, 0.1) is 11.6 Å². The van der Waals surface area contributed by atoms with Gasteiger partial charge in [-0.05, 0) is 25.1 Å². The third kappa shape index (κ3) is 4.44. The number of aromatic nitrogens is 1. The van der Waals surface area contributed by atoms with Crippen LogP contribution in [-0.2, 0) is 9.53 Å². The number of ether oxygens (including phenoxy) is 3. The van der Waals surface area contributed by atoms with E-state index in [0.29, 0.717) is 42.7 Å². The van der Waals surface area contributed by atoms with E-state index in [1.165, 1.54) is 6.07 Å². The number of pyridine rings is 1. The molecule has 0 aliphatic carbocycles. The Morgan fingerprint density at radius 2 is 2.10 bits per heavy atom. The van der Waals surface area contributed by atoms with Crippen molar-refractivity contribution in [2.75, 3.05) is 32.2 Å². The second-order valence-electron chi connectivity index (χ2n) is 7.03. The molecular formula is C21H22F2N4O4. The third-order valence-electron chi connectivity index (χ3n) is 4.82. The van der Waals surface area contributed by atoms with Gasteiger partial charge in [0.05, 0.1) is 31.1 Å². The molecule has 2 aromatic rings. The Labute approximate surface area is 177 Å². The molecule has 2 aliphatic heterocycles. The Morgan fingerprint density at radius 3 is 2.74 bits per heavy atom. The Hall–Kier alpha value is -3.24. The van der Waals surface area contributed by atoms with E-state index in [1.54, 1.807) is 30.4 Å². The van der Waals surface area contributed by atoms with E-state index < -0.39 is 29.3 Å². The van der Waals surface area contributed by atoms with Crippen LogP contribution in [0.3, 0.4) is 0 Å². The molecule has 0 spiro atoms. The fourth-order valence-electron chi connectivity index (χ4n) is 3.21. The topological polar surface area (TPSA) is 85.0 Å². The predicted molar refractivity (Wildman–Crippen MR) is 108 cm³/mol. The van der Waals surface area contributed by atoms with Crippen molar-refractivity contribution in [3.8, 4) is 11.6 Å². The molecule has 0 radical (unpaired) electrons. The zero-order chi connectivity index (χ0) is 22.0. The van der Waals surface area contributed by atoms with Gasteiger partial charge in [0, 0.05) is 19.3 Å². The summed E-state index contributed by atoms with van der Waals surface area (Å²) < 4.78 is 44.4. The maximum Gasteiger partial charge on any atom is 0.247 e. The number of carbonyl (C=O) groups excluding carboxylic acids is 1. The Bertz CT molecular complexity index is 993. The van der Waals surface area contributed by atoms with E-state index in [0.717, 1.165) is 12.1 Å². The van der Waals surface area contributed by atoms with Crippen molar-refractivity contribution < 1.29 is 27.8 Å². The summed E-state index contributed by atoms with van der Waals surface area (Å²) >= 11 is 0. The summed E-state index contributed by atoms with van der Waals surface area (Å²) in [6.45, 7) is 3.28. The largest absolute Gasteiger partial charge is 0.485 e. The Morgan fingerprint density at radius 1 is 1.35 bits per heavy atom. The van der Waals surface area contributed by atoms with Gasteiger partial charge in [-0.1, -0.05) is 6.07 Å². The van der Waals surface area contributed by atoms with Crippen molar-refractivity contribution in [2.24, 2.45) is 0 Å². The number of hydrogen-bond acceptors (Lipinski definition) is 7. The quantitative estimate of drug-likeness (QED) is 0.695. The van der Waals surface area contributed by atoms with Gasteiger partial charge in [-0.2, -0.15) is 0 Å². The molecule has 31 heavy (non-hydrogen) atoms. The lowest BCUT2D eigenvalue weighted by molar-refractivity contribution is -0.117. The maximum absolute atomic E-state index is 13.9. The number of hydrazine groups is 1. The number of nitrogens with one attached hydrogen (secondary N) is 2. The molecule has 2 aliphatic rings. The number of halogens is 2. The fourth-order valence-corrected chi connectivity index (χ4v) is 3.21. The van der Waals surface area contributed by atoms with E-state index in [9.17, 15) is 13.6 Å². The number of anilines is 1. The van der Waals surface area contributed by atoms with Gasteiger partial charge in [-0.15, -0.1) is 0 Å². The average Bonchev–Trinajstić information content (AvgIpc) is 3.09. The molecule has 164 valence electrons. The van der Waals surface area contributed by atoms with Crippen LogP contribution in [0.25, 0.3) is 5.70 Å². The summed E-state index contributed by atoms with van der Waals surface area (Å²) in [5.41, 5.74) is 3.73. The maximum atomic E-state index is 13.9. The first-order chi connectivity index (χ1) is 15.0. The number of nitrogens with zero attached hydrogens (tertiary/aromatic N) is 2. The molecule has 1 amide bonds. The predicted octanol–water partition coefficient (Wildman–Crippen LogP) is 2.33. The van der Waals surface area contributed by atoms with Crippen LogP contribution in [0.5, 0.6) is 11.6 Å². The minimum atomic E-state index is -0.856. The molecule has 1 aromatic heterocycles. The van der Waals surface area contributed by atoms with Crippen molar-refractivity contribution >= 4 is 17.3 Å². The normalized spacial score (nSPS) is 18.4. The monoisotopic (exact) mass is 432 g/mol. The first-order valence-electron chi connectivity index (χ1n) is 9.80. The summed E-state index contributed by atoms with van der Waals surface area (Å²) in [5, 5.41) is 3.93. The second-order valence-corrected chi connectivity index (χ2v) is 7.03. The van der Waals surface area contributed by atoms with Gasteiger partial charge in [0.1, 0.15) is 35.2 Å². The summed E-state index contributed by atoms with van der Waals surface area (Å²) in [4.78, 5) is 16.9. The highest BCUT2D eigenvalue weighted by molar-refractivity contribution is 5.98. The zero-order valence-electron chi connectivity index (χ0n) is 17.0. The van der Waals surface area contributed by atoms with E-state index in [1.807, 2.05) is 6.92 Å². The Balaban J connectivity index is 1.58. The molecule has 8 nitrogen and oxygen atoms in total. The van der Waals surface area contributed by atoms with E-state index in [4.69, 9.17) is 14.2 Å². The molecular weight excluding hydrogens is 410 g/mol. The first kappa shape index (κ1) is 21.0. The van der Waals surface area contributed by atoms with Gasteiger partial charge in [0.2, 0.25) is 11.8 Å². The zero-order valence-corrected chi connectivity index (χ0v) is 17.0. The average molecular weight is 432 g/mol. The fraction of sp³-hybridized carbons (Fsp3) is 0.333. The van der Waals surface area contributed by atoms with E-state index in [-0.39, 0.29) is 6.10 Å². The standard InChI is InChI=1S/C21H22F2N4O4/c1-3-30-19-8-18(31-12-10-29-11-12)13(9-24-19)17-7-16(26-27(17)2)21(28)25-20-14(22)5-4-6-15(20)23/h4-9,12,16,26H,3,10-11H2,1-2H3,(H,25,28). The highest BCUT2D eigenvalue weighted by Crippen LogP contribution is 2.33. The van der Waals surface area contributed by atoms with Crippen molar-refractivity contribution in [3.63, 3.8) is 0 Å². The van der Waals surface area contributed by atoms with Gasteiger partial charge in [-0.25, -0.2) is 19.2 Å². The minimum absolute atomic E-state index is 0.0842. The van der Waals surface area contributed by atoms with Gasteiger partial charge < -0.3 is 24.5 Å². The third-order valence-corrected chi connectivity index (χ3v) is 4.82. The highest BCUT2D eigenvalue weighted by atomic mass is 19.1. The van der Waals surface area contributed by atoms with Crippen LogP contribution >= 0.6 is 0 Å². The molecule has 1 aromatic carbocycles. The second kappa shape index (κ2) is 8.86. The molecule has 0 saturated carbocycles. The number of carbonyl (C=O) groups is 1. The molecule has 1 unspecified atom stereocenters. The van der Waals surface area contributed by atoms with Crippen molar-refractivity contribution in [3.05, 3.63) is 53.7 Å². The lowest BCUT2D eigenvalue weighted by atomic mass is 10.1. The molecule has 2 N–H and O–H groups in total. The lowest BCUT2D eigenvalue weighted by Crippen LogP contribution is -2.41. The number of hydrogen-bond donors (Lipinski definition) is 2. The number of benzene rings is 1. The van der Waals surface area contributed by atoms with Crippen LogP contribution in [-0.4, -0.2) is 54.9 Å². The summed E-state index contributed by atoms with van der Waals surface area (Å²) in [6.07, 6.45) is 3.15. The van der Waals surface area contributed by atoms with E-state index in [2.05, 4.69) is 15.7 Å². The molecule has 3 heterocycles. The summed E-state index contributed by atoms with van der Waals surface area (Å²) in [5.74, 6) is -1.36. The summed E-state index contributed by atoms with van der Waals surface area (Å²) in [7, 11) is 1.72. The highest BCUT2D eigenvalue weighted by Gasteiger charge is 2.31. The van der Waals surface area contributed by atoms with E-state index >= 15 is 0 Å². The van der Waals surface area contributed by atoms with Crippen LogP contribution in [0.15, 0.2) is 36.5 Å². The molecule has 4 rings (SSSR count). The van der Waals surface area contributed by atoms with Crippen LogP contribution in [0.2, 0.25) is 0 Å². The molecule has 1 fully saturated rings.